The van der Waals surface area contributed by atoms with Crippen molar-refractivity contribution < 1.29 is 9.53 Å². The first-order valence-electron chi connectivity index (χ1n) is 8.02. The Hall–Kier alpha value is -1.18. The van der Waals surface area contributed by atoms with Gasteiger partial charge in [0.25, 0.3) is 5.91 Å². The summed E-state index contributed by atoms with van der Waals surface area (Å²) in [5, 5.41) is 8.66. The Morgan fingerprint density at radius 3 is 3.05 bits per heavy atom. The largest absolute Gasteiger partial charge is 0.375 e. The average Bonchev–Trinajstić information content (AvgIpc) is 3.12. The molecule has 3 atom stereocenters. The van der Waals surface area contributed by atoms with Gasteiger partial charge >= 0.3 is 0 Å². The number of hydrogen-bond donors (Lipinski definition) is 2. The highest BCUT2D eigenvalue weighted by Gasteiger charge is 2.42. The first kappa shape index (κ1) is 14.4. The Morgan fingerprint density at radius 1 is 1.45 bits per heavy atom. The van der Waals surface area contributed by atoms with Crippen molar-refractivity contribution in [3.63, 3.8) is 0 Å². The van der Waals surface area contributed by atoms with E-state index in [9.17, 15) is 4.79 Å². The monoisotopic (exact) mass is 322 g/mol. The van der Waals surface area contributed by atoms with Crippen LogP contribution in [0.3, 0.4) is 0 Å². The molecule has 0 unspecified atom stereocenters. The van der Waals surface area contributed by atoms with Gasteiger partial charge in [0.15, 0.2) is 5.13 Å². The molecule has 22 heavy (non-hydrogen) atoms. The number of carbonyl (C=O) groups is 1. The first-order valence-corrected chi connectivity index (χ1v) is 8.90. The van der Waals surface area contributed by atoms with Crippen LogP contribution in [0.15, 0.2) is 5.38 Å². The number of anilines is 1. The molecule has 1 amide bonds. The van der Waals surface area contributed by atoms with Gasteiger partial charge in [-0.2, -0.15) is 0 Å². The van der Waals surface area contributed by atoms with Crippen LogP contribution in [-0.4, -0.2) is 60.7 Å². The lowest BCUT2D eigenvalue weighted by atomic mass is 10.1. The summed E-state index contributed by atoms with van der Waals surface area (Å²) >= 11 is 1.45. The minimum absolute atomic E-state index is 0.0674. The summed E-state index contributed by atoms with van der Waals surface area (Å²) in [6, 6.07) is 0.669. The molecule has 1 aromatic rings. The molecule has 0 spiro atoms. The maximum absolute atomic E-state index is 12.3. The lowest BCUT2D eigenvalue weighted by Crippen LogP contribution is -2.47. The normalized spacial score (nSPS) is 31.8. The molecule has 120 valence electrons. The van der Waals surface area contributed by atoms with E-state index in [-0.39, 0.29) is 11.9 Å². The molecule has 2 saturated heterocycles. The van der Waals surface area contributed by atoms with Crippen LogP contribution in [0.25, 0.3) is 0 Å². The van der Waals surface area contributed by atoms with Crippen molar-refractivity contribution in [2.24, 2.45) is 5.92 Å². The first-order chi connectivity index (χ1) is 10.7. The summed E-state index contributed by atoms with van der Waals surface area (Å²) in [6.45, 7) is 2.78. The van der Waals surface area contributed by atoms with E-state index in [2.05, 4.69) is 20.5 Å². The van der Waals surface area contributed by atoms with Crippen LogP contribution >= 0.6 is 11.3 Å². The lowest BCUT2D eigenvalue weighted by molar-refractivity contribution is -0.0581. The SMILES string of the molecule is CNc1nc(C(=O)N[C@H]2C[C@H]3CO[C@H](C4CC4)CN3C2)cs1. The number of ether oxygens (including phenoxy) is 1. The zero-order valence-electron chi connectivity index (χ0n) is 12.7. The third-order valence-corrected chi connectivity index (χ3v) is 5.74. The molecule has 7 heteroatoms. The van der Waals surface area contributed by atoms with E-state index >= 15 is 0 Å². The van der Waals surface area contributed by atoms with Gasteiger partial charge in [0, 0.05) is 37.6 Å². The van der Waals surface area contributed by atoms with Crippen LogP contribution in [-0.2, 0) is 4.74 Å². The zero-order chi connectivity index (χ0) is 15.1. The van der Waals surface area contributed by atoms with E-state index < -0.39 is 0 Å². The van der Waals surface area contributed by atoms with Gasteiger partial charge in [0.1, 0.15) is 5.69 Å². The minimum atomic E-state index is -0.0674. The quantitative estimate of drug-likeness (QED) is 0.871. The second-order valence-electron chi connectivity index (χ2n) is 6.51. The van der Waals surface area contributed by atoms with Crippen LogP contribution in [0, 0.1) is 5.92 Å². The minimum Gasteiger partial charge on any atom is -0.375 e. The Morgan fingerprint density at radius 2 is 2.32 bits per heavy atom. The summed E-state index contributed by atoms with van der Waals surface area (Å²) in [4.78, 5) is 19.0. The lowest BCUT2D eigenvalue weighted by Gasteiger charge is -2.35. The number of nitrogens with zero attached hydrogens (tertiary/aromatic N) is 2. The molecule has 6 nitrogen and oxygen atoms in total. The number of aromatic nitrogens is 1. The predicted octanol–water partition coefficient (Wildman–Crippen LogP) is 1.17. The van der Waals surface area contributed by atoms with Crippen molar-refractivity contribution in [1.29, 1.82) is 0 Å². The molecule has 0 radical (unpaired) electrons. The Labute approximate surface area is 134 Å². The van der Waals surface area contributed by atoms with E-state index in [0.29, 0.717) is 17.8 Å². The van der Waals surface area contributed by atoms with Crippen molar-refractivity contribution >= 4 is 22.4 Å². The molecule has 3 fully saturated rings. The molecule has 0 aromatic carbocycles. The highest BCUT2D eigenvalue weighted by molar-refractivity contribution is 7.13. The molecule has 2 N–H and O–H groups in total. The number of rotatable bonds is 4. The van der Waals surface area contributed by atoms with Gasteiger partial charge in [-0.3, -0.25) is 9.69 Å². The molecule has 1 saturated carbocycles. The summed E-state index contributed by atoms with van der Waals surface area (Å²) in [5.74, 6) is 0.715. The molecule has 3 heterocycles. The van der Waals surface area contributed by atoms with Crippen molar-refractivity contribution in [3.8, 4) is 0 Å². The topological polar surface area (TPSA) is 66.5 Å². The predicted molar refractivity (Wildman–Crippen MR) is 85.4 cm³/mol. The molecular formula is C15H22N4O2S. The molecule has 3 aliphatic rings. The number of carbonyl (C=O) groups excluding carboxylic acids is 1. The molecule has 4 rings (SSSR count). The fourth-order valence-corrected chi connectivity index (χ4v) is 4.16. The number of morpholine rings is 1. The van der Waals surface area contributed by atoms with Crippen molar-refractivity contribution in [2.45, 2.75) is 37.5 Å². The van der Waals surface area contributed by atoms with Crippen molar-refractivity contribution in [2.75, 3.05) is 32.1 Å². The summed E-state index contributed by atoms with van der Waals surface area (Å²) in [7, 11) is 1.81. The number of amides is 1. The highest BCUT2D eigenvalue weighted by Crippen LogP contribution is 2.37. The standard InChI is InChI=1S/C15H22N4O2S/c1-16-15-18-12(8-22-15)14(20)17-10-4-11-7-21-13(9-2-3-9)6-19(11)5-10/h8-11,13H,2-7H2,1H3,(H,16,18)(H,17,20)/t10-,11-,13-/m0/s1. The maximum Gasteiger partial charge on any atom is 0.271 e. The second kappa shape index (κ2) is 5.79. The van der Waals surface area contributed by atoms with E-state index in [1.807, 2.05) is 7.05 Å². The zero-order valence-corrected chi connectivity index (χ0v) is 13.6. The van der Waals surface area contributed by atoms with Gasteiger partial charge < -0.3 is 15.4 Å². The number of hydrogen-bond acceptors (Lipinski definition) is 6. The molecule has 1 aliphatic carbocycles. The fourth-order valence-electron chi connectivity index (χ4n) is 3.51. The van der Waals surface area contributed by atoms with Gasteiger partial charge in [0.05, 0.1) is 12.7 Å². The van der Waals surface area contributed by atoms with Gasteiger partial charge in [0.2, 0.25) is 0 Å². The number of fused-ring (bicyclic) bond motifs is 1. The number of thiazole rings is 1. The Balaban J connectivity index is 1.33. The Kier molecular flexibility index (Phi) is 3.79. The van der Waals surface area contributed by atoms with Crippen LogP contribution in [0.1, 0.15) is 29.8 Å². The Bertz CT molecular complexity index is 559. The van der Waals surface area contributed by atoms with E-state index in [1.54, 1.807) is 5.38 Å². The van der Waals surface area contributed by atoms with Gasteiger partial charge in [-0.05, 0) is 25.2 Å². The number of nitrogens with one attached hydrogen (secondary N) is 2. The molecule has 0 bridgehead atoms. The van der Waals surface area contributed by atoms with Gasteiger partial charge in [-0.1, -0.05) is 0 Å². The van der Waals surface area contributed by atoms with Crippen molar-refractivity contribution in [1.82, 2.24) is 15.2 Å². The van der Waals surface area contributed by atoms with E-state index in [1.165, 1.54) is 24.2 Å². The third kappa shape index (κ3) is 2.85. The van der Waals surface area contributed by atoms with Crippen LogP contribution in [0.2, 0.25) is 0 Å². The van der Waals surface area contributed by atoms with Gasteiger partial charge in [-0.25, -0.2) is 4.98 Å². The van der Waals surface area contributed by atoms with Crippen molar-refractivity contribution in [3.05, 3.63) is 11.1 Å². The molecule has 1 aromatic heterocycles. The average molecular weight is 322 g/mol. The fraction of sp³-hybridized carbons (Fsp3) is 0.733. The van der Waals surface area contributed by atoms with E-state index in [0.717, 1.165) is 37.2 Å². The smallest absolute Gasteiger partial charge is 0.271 e. The van der Waals surface area contributed by atoms with Crippen LogP contribution in [0.4, 0.5) is 5.13 Å². The summed E-state index contributed by atoms with van der Waals surface area (Å²) < 4.78 is 6.00. The third-order valence-electron chi connectivity index (χ3n) is 4.88. The second-order valence-corrected chi connectivity index (χ2v) is 7.37. The molecular weight excluding hydrogens is 300 g/mol. The summed E-state index contributed by atoms with van der Waals surface area (Å²) in [6.07, 6.45) is 4.04. The van der Waals surface area contributed by atoms with Gasteiger partial charge in [-0.15, -0.1) is 11.3 Å². The van der Waals surface area contributed by atoms with Crippen LogP contribution in [0.5, 0.6) is 0 Å². The van der Waals surface area contributed by atoms with E-state index in [4.69, 9.17) is 4.74 Å². The maximum atomic E-state index is 12.3. The highest BCUT2D eigenvalue weighted by atomic mass is 32.1. The molecule has 2 aliphatic heterocycles. The van der Waals surface area contributed by atoms with Crippen LogP contribution < -0.4 is 10.6 Å². The summed E-state index contributed by atoms with van der Waals surface area (Å²) in [5.41, 5.74) is 0.506.